The van der Waals surface area contributed by atoms with E-state index >= 15 is 0 Å². The van der Waals surface area contributed by atoms with Crippen LogP contribution < -0.4 is 0 Å². The van der Waals surface area contributed by atoms with E-state index in [0.29, 0.717) is 0 Å². The van der Waals surface area contributed by atoms with Crippen molar-refractivity contribution in [2.75, 3.05) is 0 Å². The number of aromatic hydroxyl groups is 1. The highest BCUT2D eigenvalue weighted by atomic mass is 16.3. The van der Waals surface area contributed by atoms with Crippen molar-refractivity contribution in [1.82, 2.24) is 9.78 Å². The highest BCUT2D eigenvalue weighted by Crippen LogP contribution is 2.26. The van der Waals surface area contributed by atoms with E-state index in [1.165, 1.54) is 5.56 Å². The molecule has 0 fully saturated rings. The molecule has 1 aromatic heterocycles. The molecule has 0 aliphatic carbocycles. The van der Waals surface area contributed by atoms with Crippen LogP contribution in [0.25, 0.3) is 16.9 Å². The minimum atomic E-state index is 0.0272. The maximum atomic E-state index is 9.68. The first-order valence-electron chi connectivity index (χ1n) is 6.15. The highest BCUT2D eigenvalue weighted by molar-refractivity contribution is 5.63. The molecule has 0 unspecified atom stereocenters. The number of nitrogens with zero attached hydrogens (tertiary/aromatic N) is 2. The van der Waals surface area contributed by atoms with Crippen LogP contribution in [0.3, 0.4) is 0 Å². The molecule has 3 nitrogen and oxygen atoms in total. The molecular formula is C16H14N2O. The highest BCUT2D eigenvalue weighted by Gasteiger charge is 2.10. The summed E-state index contributed by atoms with van der Waals surface area (Å²) in [5, 5.41) is 13.8. The van der Waals surface area contributed by atoms with Crippen LogP contribution in [0.2, 0.25) is 0 Å². The zero-order valence-electron chi connectivity index (χ0n) is 10.6. The van der Waals surface area contributed by atoms with Gasteiger partial charge in [0.25, 0.3) is 0 Å². The van der Waals surface area contributed by atoms with Gasteiger partial charge in [0.1, 0.15) is 0 Å². The fourth-order valence-electron chi connectivity index (χ4n) is 2.07. The van der Waals surface area contributed by atoms with E-state index in [2.05, 4.69) is 5.10 Å². The molecular weight excluding hydrogens is 236 g/mol. The summed E-state index contributed by atoms with van der Waals surface area (Å²) in [5.74, 6) is 0.0272. The summed E-state index contributed by atoms with van der Waals surface area (Å²) in [7, 11) is 0. The van der Waals surface area contributed by atoms with Crippen LogP contribution in [0.15, 0.2) is 60.7 Å². The molecule has 1 heterocycles. The summed E-state index contributed by atoms with van der Waals surface area (Å²) in [6.07, 6.45) is 0. The molecule has 0 saturated carbocycles. The van der Waals surface area contributed by atoms with Crippen LogP contribution in [0, 0.1) is 6.92 Å². The van der Waals surface area contributed by atoms with Gasteiger partial charge in [0.05, 0.1) is 11.4 Å². The quantitative estimate of drug-likeness (QED) is 0.755. The van der Waals surface area contributed by atoms with E-state index in [9.17, 15) is 5.11 Å². The van der Waals surface area contributed by atoms with Gasteiger partial charge in [-0.1, -0.05) is 48.0 Å². The van der Waals surface area contributed by atoms with Crippen molar-refractivity contribution in [2.45, 2.75) is 6.92 Å². The molecule has 0 amide bonds. The second kappa shape index (κ2) is 4.61. The molecule has 3 rings (SSSR count). The SMILES string of the molecule is Cc1ccc(-n2nc(O)cc2-c2ccccc2)cc1. The Hall–Kier alpha value is -2.55. The molecule has 0 aliphatic rings. The third-order valence-corrected chi connectivity index (χ3v) is 3.04. The van der Waals surface area contributed by atoms with Crippen LogP contribution in [0.5, 0.6) is 5.88 Å². The summed E-state index contributed by atoms with van der Waals surface area (Å²) in [4.78, 5) is 0. The lowest BCUT2D eigenvalue weighted by Gasteiger charge is -2.07. The van der Waals surface area contributed by atoms with Crippen molar-refractivity contribution < 1.29 is 5.11 Å². The smallest absolute Gasteiger partial charge is 0.231 e. The third-order valence-electron chi connectivity index (χ3n) is 3.04. The molecule has 0 saturated heterocycles. The maximum absolute atomic E-state index is 9.68. The van der Waals surface area contributed by atoms with Crippen molar-refractivity contribution in [3.05, 3.63) is 66.2 Å². The fraction of sp³-hybridized carbons (Fsp3) is 0.0625. The minimum absolute atomic E-state index is 0.0272. The Labute approximate surface area is 111 Å². The molecule has 3 aromatic rings. The van der Waals surface area contributed by atoms with Gasteiger partial charge in [-0.2, -0.15) is 0 Å². The zero-order valence-corrected chi connectivity index (χ0v) is 10.6. The van der Waals surface area contributed by atoms with Crippen molar-refractivity contribution >= 4 is 0 Å². The summed E-state index contributed by atoms with van der Waals surface area (Å²) in [6.45, 7) is 2.04. The number of hydrogen-bond donors (Lipinski definition) is 1. The minimum Gasteiger partial charge on any atom is -0.492 e. The Morgan fingerprint density at radius 2 is 1.63 bits per heavy atom. The van der Waals surface area contributed by atoms with E-state index < -0.39 is 0 Å². The average Bonchev–Trinajstić information content (AvgIpc) is 2.83. The predicted octanol–water partition coefficient (Wildman–Crippen LogP) is 3.55. The van der Waals surface area contributed by atoms with E-state index in [1.807, 2.05) is 61.5 Å². The summed E-state index contributed by atoms with van der Waals surface area (Å²) < 4.78 is 1.75. The topological polar surface area (TPSA) is 38.0 Å². The van der Waals surface area contributed by atoms with Gasteiger partial charge in [0.15, 0.2) is 0 Å². The fourth-order valence-corrected chi connectivity index (χ4v) is 2.07. The second-order valence-corrected chi connectivity index (χ2v) is 4.50. The zero-order chi connectivity index (χ0) is 13.2. The van der Waals surface area contributed by atoms with Gasteiger partial charge in [-0.15, -0.1) is 5.10 Å². The third kappa shape index (κ3) is 2.22. The Morgan fingerprint density at radius 1 is 0.947 bits per heavy atom. The van der Waals surface area contributed by atoms with Crippen LogP contribution in [0.1, 0.15) is 5.56 Å². The number of benzene rings is 2. The van der Waals surface area contributed by atoms with Crippen molar-refractivity contribution in [3.63, 3.8) is 0 Å². The lowest BCUT2D eigenvalue weighted by molar-refractivity contribution is 0.448. The van der Waals surface area contributed by atoms with Crippen molar-refractivity contribution in [2.24, 2.45) is 0 Å². The Morgan fingerprint density at radius 3 is 2.32 bits per heavy atom. The molecule has 0 spiro atoms. The molecule has 0 radical (unpaired) electrons. The second-order valence-electron chi connectivity index (χ2n) is 4.50. The Kier molecular flexibility index (Phi) is 2.80. The van der Waals surface area contributed by atoms with Gasteiger partial charge < -0.3 is 5.11 Å². The van der Waals surface area contributed by atoms with Crippen LogP contribution >= 0.6 is 0 Å². The van der Waals surface area contributed by atoms with E-state index in [1.54, 1.807) is 10.7 Å². The molecule has 1 N–H and O–H groups in total. The van der Waals surface area contributed by atoms with Crippen LogP contribution in [-0.4, -0.2) is 14.9 Å². The Bertz CT molecular complexity index is 685. The van der Waals surface area contributed by atoms with Gasteiger partial charge in [0.2, 0.25) is 5.88 Å². The van der Waals surface area contributed by atoms with E-state index in [4.69, 9.17) is 0 Å². The first-order chi connectivity index (χ1) is 9.24. The molecule has 0 aliphatic heterocycles. The molecule has 0 bridgehead atoms. The maximum Gasteiger partial charge on any atom is 0.231 e. The van der Waals surface area contributed by atoms with Gasteiger partial charge >= 0.3 is 0 Å². The molecule has 0 atom stereocenters. The normalized spacial score (nSPS) is 10.6. The number of hydrogen-bond acceptors (Lipinski definition) is 2. The van der Waals surface area contributed by atoms with Gasteiger partial charge in [-0.25, -0.2) is 4.68 Å². The predicted molar refractivity (Wildman–Crippen MR) is 75.4 cm³/mol. The average molecular weight is 250 g/mol. The summed E-state index contributed by atoms with van der Waals surface area (Å²) >= 11 is 0. The standard InChI is InChI=1S/C16H14N2O/c1-12-7-9-14(10-8-12)18-15(11-16(19)17-18)13-5-3-2-4-6-13/h2-11H,1H3,(H,17,19). The molecule has 2 aromatic carbocycles. The lowest BCUT2D eigenvalue weighted by atomic mass is 10.1. The molecule has 94 valence electrons. The summed E-state index contributed by atoms with van der Waals surface area (Å²) in [5.41, 5.74) is 4.03. The first-order valence-corrected chi connectivity index (χ1v) is 6.15. The van der Waals surface area contributed by atoms with Crippen molar-refractivity contribution in [3.8, 4) is 22.8 Å². The van der Waals surface area contributed by atoms with Crippen LogP contribution in [0.4, 0.5) is 0 Å². The monoisotopic (exact) mass is 250 g/mol. The largest absolute Gasteiger partial charge is 0.492 e. The lowest BCUT2D eigenvalue weighted by Crippen LogP contribution is -1.98. The summed E-state index contributed by atoms with van der Waals surface area (Å²) in [6, 6.07) is 19.6. The molecule has 3 heteroatoms. The van der Waals surface area contributed by atoms with Crippen molar-refractivity contribution in [1.29, 1.82) is 0 Å². The number of aromatic nitrogens is 2. The van der Waals surface area contributed by atoms with Crippen LogP contribution in [-0.2, 0) is 0 Å². The van der Waals surface area contributed by atoms with Gasteiger partial charge in [0, 0.05) is 11.6 Å². The number of aryl methyl sites for hydroxylation is 1. The van der Waals surface area contributed by atoms with Gasteiger partial charge in [-0.05, 0) is 19.1 Å². The first kappa shape index (κ1) is 11.5. The van der Waals surface area contributed by atoms with E-state index in [-0.39, 0.29) is 5.88 Å². The van der Waals surface area contributed by atoms with Gasteiger partial charge in [-0.3, -0.25) is 0 Å². The molecule has 19 heavy (non-hydrogen) atoms. The number of rotatable bonds is 2. The Balaban J connectivity index is 2.15. The van der Waals surface area contributed by atoms with E-state index in [0.717, 1.165) is 16.9 Å².